The molecule has 2 aliphatic rings. The first-order chi connectivity index (χ1) is 11.4. The number of rotatable bonds is 3. The quantitative estimate of drug-likeness (QED) is 0.879. The highest BCUT2D eigenvalue weighted by Crippen LogP contribution is 2.39. The Morgan fingerprint density at radius 1 is 1.13 bits per heavy atom. The molecule has 1 saturated carbocycles. The van der Waals surface area contributed by atoms with Gasteiger partial charge in [0.25, 0.3) is 0 Å². The zero-order chi connectivity index (χ0) is 15.6. The van der Waals surface area contributed by atoms with Crippen molar-refractivity contribution in [3.05, 3.63) is 41.1 Å². The molecule has 3 nitrogen and oxygen atoms in total. The molecule has 0 spiro atoms. The van der Waals surface area contributed by atoms with E-state index in [4.69, 9.17) is 5.10 Å². The third kappa shape index (κ3) is 2.66. The van der Waals surface area contributed by atoms with Crippen LogP contribution in [0.1, 0.15) is 68.2 Å². The highest BCUT2D eigenvalue weighted by Gasteiger charge is 2.28. The summed E-state index contributed by atoms with van der Waals surface area (Å²) in [5.41, 5.74) is 5.52. The van der Waals surface area contributed by atoms with Gasteiger partial charge in [-0.05, 0) is 50.2 Å². The van der Waals surface area contributed by atoms with Gasteiger partial charge in [0.1, 0.15) is 5.82 Å². The smallest absolute Gasteiger partial charge is 0.133 e. The number of nitrogens with zero attached hydrogens (tertiary/aromatic N) is 2. The first-order valence-corrected chi connectivity index (χ1v) is 9.32. The predicted octanol–water partition coefficient (Wildman–Crippen LogP) is 4.84. The fraction of sp³-hybridized carbons (Fsp3) is 0.550. The summed E-state index contributed by atoms with van der Waals surface area (Å²) in [7, 11) is 0. The Kier molecular flexibility index (Phi) is 4.11. The zero-order valence-corrected chi connectivity index (χ0v) is 14.1. The molecule has 1 fully saturated rings. The van der Waals surface area contributed by atoms with Crippen LogP contribution in [-0.2, 0) is 12.8 Å². The van der Waals surface area contributed by atoms with E-state index in [1.54, 1.807) is 0 Å². The summed E-state index contributed by atoms with van der Waals surface area (Å²) in [6.07, 6.45) is 10.1. The van der Waals surface area contributed by atoms with Gasteiger partial charge in [0, 0.05) is 18.0 Å². The summed E-state index contributed by atoms with van der Waals surface area (Å²) in [5.74, 6) is 1.95. The van der Waals surface area contributed by atoms with Crippen LogP contribution in [0.3, 0.4) is 0 Å². The van der Waals surface area contributed by atoms with E-state index in [-0.39, 0.29) is 0 Å². The molecule has 0 radical (unpaired) electrons. The molecule has 0 amide bonds. The minimum absolute atomic E-state index is 0.679. The SMILES string of the molecule is CCc1ccccc1-n1nc(C2CCCC2)c2c1NCCCC2. The number of benzene rings is 1. The molecule has 23 heavy (non-hydrogen) atoms. The lowest BCUT2D eigenvalue weighted by atomic mass is 9.97. The van der Waals surface area contributed by atoms with Crippen molar-refractivity contribution in [2.45, 2.75) is 64.2 Å². The standard InChI is InChI=1S/C20H27N3/c1-2-15-9-5-6-13-18(15)23-20-17(12-7-8-14-21-20)19(22-23)16-10-3-4-11-16/h5-6,9,13,16,21H,2-4,7-8,10-12,14H2,1H3. The van der Waals surface area contributed by atoms with Crippen molar-refractivity contribution >= 4 is 5.82 Å². The van der Waals surface area contributed by atoms with Gasteiger partial charge in [0.05, 0.1) is 11.4 Å². The van der Waals surface area contributed by atoms with E-state index in [0.717, 1.165) is 13.0 Å². The third-order valence-corrected chi connectivity index (χ3v) is 5.50. The van der Waals surface area contributed by atoms with Crippen LogP contribution in [0.25, 0.3) is 5.69 Å². The molecule has 1 N–H and O–H groups in total. The summed E-state index contributed by atoms with van der Waals surface area (Å²) in [6, 6.07) is 8.72. The number of aryl methyl sites for hydroxylation is 1. The molecule has 122 valence electrons. The maximum Gasteiger partial charge on any atom is 0.133 e. The van der Waals surface area contributed by atoms with Gasteiger partial charge in [-0.1, -0.05) is 38.0 Å². The Labute approximate surface area is 139 Å². The molecule has 4 rings (SSSR count). The minimum atomic E-state index is 0.679. The van der Waals surface area contributed by atoms with E-state index >= 15 is 0 Å². The van der Waals surface area contributed by atoms with Gasteiger partial charge in [-0.15, -0.1) is 0 Å². The molecule has 3 heteroatoms. The highest BCUT2D eigenvalue weighted by atomic mass is 15.3. The van der Waals surface area contributed by atoms with Gasteiger partial charge in [0.15, 0.2) is 0 Å². The predicted molar refractivity (Wildman–Crippen MR) is 95.6 cm³/mol. The Morgan fingerprint density at radius 3 is 2.78 bits per heavy atom. The lowest BCUT2D eigenvalue weighted by Gasteiger charge is -2.12. The maximum atomic E-state index is 5.15. The second-order valence-electron chi connectivity index (χ2n) is 6.97. The summed E-state index contributed by atoms with van der Waals surface area (Å²) < 4.78 is 2.22. The minimum Gasteiger partial charge on any atom is -0.370 e. The van der Waals surface area contributed by atoms with Gasteiger partial charge >= 0.3 is 0 Å². The molecule has 2 heterocycles. The lowest BCUT2D eigenvalue weighted by molar-refractivity contribution is 0.663. The molecule has 0 bridgehead atoms. The zero-order valence-electron chi connectivity index (χ0n) is 14.1. The Bertz CT molecular complexity index is 680. The number of aromatic nitrogens is 2. The van der Waals surface area contributed by atoms with E-state index in [1.807, 2.05) is 0 Å². The van der Waals surface area contributed by atoms with E-state index < -0.39 is 0 Å². The largest absolute Gasteiger partial charge is 0.370 e. The molecule has 1 aromatic heterocycles. The van der Waals surface area contributed by atoms with Gasteiger partial charge < -0.3 is 5.32 Å². The topological polar surface area (TPSA) is 29.9 Å². The molecule has 0 saturated heterocycles. The van der Waals surface area contributed by atoms with Crippen LogP contribution in [0.5, 0.6) is 0 Å². The molecule has 2 aromatic rings. The number of para-hydroxylation sites is 1. The summed E-state index contributed by atoms with van der Waals surface area (Å²) >= 11 is 0. The molecule has 1 aliphatic heterocycles. The van der Waals surface area contributed by atoms with Crippen molar-refractivity contribution in [3.8, 4) is 5.69 Å². The Morgan fingerprint density at radius 2 is 1.96 bits per heavy atom. The maximum absolute atomic E-state index is 5.15. The third-order valence-electron chi connectivity index (χ3n) is 5.50. The number of nitrogens with one attached hydrogen (secondary N) is 1. The summed E-state index contributed by atoms with van der Waals surface area (Å²) in [5, 5.41) is 8.84. The molecule has 0 unspecified atom stereocenters. The number of fused-ring (bicyclic) bond motifs is 1. The fourth-order valence-corrected chi connectivity index (χ4v) is 4.25. The highest BCUT2D eigenvalue weighted by molar-refractivity contribution is 5.56. The Hall–Kier alpha value is -1.77. The van der Waals surface area contributed by atoms with Crippen LogP contribution >= 0.6 is 0 Å². The molecular formula is C20H27N3. The van der Waals surface area contributed by atoms with E-state index in [9.17, 15) is 0 Å². The van der Waals surface area contributed by atoms with Gasteiger partial charge in [-0.2, -0.15) is 5.10 Å². The first-order valence-electron chi connectivity index (χ1n) is 9.32. The Balaban J connectivity index is 1.86. The van der Waals surface area contributed by atoms with Crippen molar-refractivity contribution in [3.63, 3.8) is 0 Å². The number of anilines is 1. The van der Waals surface area contributed by atoms with E-state index in [0.29, 0.717) is 5.92 Å². The second-order valence-corrected chi connectivity index (χ2v) is 6.97. The molecular weight excluding hydrogens is 282 g/mol. The van der Waals surface area contributed by atoms with Crippen LogP contribution in [0.2, 0.25) is 0 Å². The number of hydrogen-bond donors (Lipinski definition) is 1. The van der Waals surface area contributed by atoms with Crippen LogP contribution in [-0.4, -0.2) is 16.3 Å². The summed E-state index contributed by atoms with van der Waals surface area (Å²) in [4.78, 5) is 0. The molecule has 1 aliphatic carbocycles. The lowest BCUT2D eigenvalue weighted by Crippen LogP contribution is -2.09. The van der Waals surface area contributed by atoms with Crippen molar-refractivity contribution in [1.29, 1.82) is 0 Å². The van der Waals surface area contributed by atoms with Crippen LogP contribution in [0.15, 0.2) is 24.3 Å². The average Bonchev–Trinajstić information content (AvgIpc) is 3.17. The monoisotopic (exact) mass is 309 g/mol. The fourth-order valence-electron chi connectivity index (χ4n) is 4.25. The molecule has 0 atom stereocenters. The molecule has 1 aromatic carbocycles. The van der Waals surface area contributed by atoms with Crippen molar-refractivity contribution in [1.82, 2.24) is 9.78 Å². The van der Waals surface area contributed by atoms with E-state index in [1.165, 1.54) is 73.3 Å². The van der Waals surface area contributed by atoms with Crippen molar-refractivity contribution in [2.75, 3.05) is 11.9 Å². The second kappa shape index (κ2) is 6.38. The van der Waals surface area contributed by atoms with Crippen LogP contribution in [0.4, 0.5) is 5.82 Å². The normalized spacial score (nSPS) is 18.5. The van der Waals surface area contributed by atoms with Crippen LogP contribution in [0, 0.1) is 0 Å². The van der Waals surface area contributed by atoms with E-state index in [2.05, 4.69) is 41.2 Å². The number of hydrogen-bond acceptors (Lipinski definition) is 2. The van der Waals surface area contributed by atoms with Gasteiger partial charge in [-0.25, -0.2) is 4.68 Å². The van der Waals surface area contributed by atoms with Crippen molar-refractivity contribution in [2.24, 2.45) is 0 Å². The first kappa shape index (κ1) is 14.8. The van der Waals surface area contributed by atoms with Crippen molar-refractivity contribution < 1.29 is 0 Å². The average molecular weight is 309 g/mol. The summed E-state index contributed by atoms with van der Waals surface area (Å²) in [6.45, 7) is 3.30. The van der Waals surface area contributed by atoms with Crippen LogP contribution < -0.4 is 5.32 Å². The van der Waals surface area contributed by atoms with Gasteiger partial charge in [0.2, 0.25) is 0 Å². The van der Waals surface area contributed by atoms with Gasteiger partial charge in [-0.3, -0.25) is 0 Å².